The molecule has 0 unspecified atom stereocenters. The minimum atomic E-state index is -3.00. The number of nitrogens with one attached hydrogen (secondary N) is 3. The Bertz CT molecular complexity index is 1260. The topological polar surface area (TPSA) is 66.3 Å². The SMILES string of the molecule is C=C(NC1=NCC(C(C)(C)C)=C1)Nc1ccc(NC(=C)C2=Cc3c(C(C)(F)F)nn(C)c3C2)cc1. The molecule has 4 rings (SSSR count). The lowest BCUT2D eigenvalue weighted by atomic mass is 9.87. The zero-order valence-corrected chi connectivity index (χ0v) is 20.9. The number of rotatable bonds is 7. The molecule has 1 aliphatic carbocycles. The van der Waals surface area contributed by atoms with Crippen molar-refractivity contribution in [3.8, 4) is 0 Å². The standard InChI is InChI=1S/C27H32F2N6/c1-16(18-12-22-23(13-18)35(7)34-25(22)27(6,28)29)31-20-8-10-21(11-9-20)32-17(2)33-24-14-19(15-30-24)26(3,4)5/h8-12,14,31-32H,1-2,13,15H2,3-7H3,(H,30,33). The van der Waals surface area contributed by atoms with Crippen LogP contribution in [0, 0.1) is 5.41 Å². The van der Waals surface area contributed by atoms with Crippen molar-refractivity contribution in [1.29, 1.82) is 0 Å². The van der Waals surface area contributed by atoms with E-state index in [1.807, 2.05) is 24.3 Å². The van der Waals surface area contributed by atoms with Gasteiger partial charge in [0.15, 0.2) is 0 Å². The lowest BCUT2D eigenvalue weighted by Gasteiger charge is -2.18. The van der Waals surface area contributed by atoms with E-state index in [-0.39, 0.29) is 11.1 Å². The van der Waals surface area contributed by atoms with E-state index in [2.05, 4.69) is 66.0 Å². The Morgan fingerprint density at radius 1 is 0.971 bits per heavy atom. The monoisotopic (exact) mass is 478 g/mol. The Hall–Kier alpha value is -3.68. The number of anilines is 2. The van der Waals surface area contributed by atoms with E-state index in [9.17, 15) is 8.78 Å². The number of hydrogen-bond donors (Lipinski definition) is 3. The average molecular weight is 479 g/mol. The van der Waals surface area contributed by atoms with Crippen LogP contribution in [0.2, 0.25) is 0 Å². The molecular formula is C27H32F2N6. The van der Waals surface area contributed by atoms with Gasteiger partial charge in [0.25, 0.3) is 5.92 Å². The molecule has 1 aromatic carbocycles. The van der Waals surface area contributed by atoms with Gasteiger partial charge in [0, 0.05) is 43.0 Å². The van der Waals surface area contributed by atoms with Crippen molar-refractivity contribution in [3.63, 3.8) is 0 Å². The zero-order chi connectivity index (χ0) is 25.5. The van der Waals surface area contributed by atoms with Crippen LogP contribution in [0.5, 0.6) is 0 Å². The largest absolute Gasteiger partial charge is 0.356 e. The highest BCUT2D eigenvalue weighted by atomic mass is 19.3. The maximum Gasteiger partial charge on any atom is 0.289 e. The van der Waals surface area contributed by atoms with Crippen molar-refractivity contribution in [2.24, 2.45) is 17.5 Å². The van der Waals surface area contributed by atoms with Crippen molar-refractivity contribution < 1.29 is 8.78 Å². The summed E-state index contributed by atoms with van der Waals surface area (Å²) >= 11 is 0. The van der Waals surface area contributed by atoms with Crippen LogP contribution in [0.3, 0.4) is 0 Å². The fraction of sp³-hybridized carbons (Fsp3) is 0.333. The van der Waals surface area contributed by atoms with Gasteiger partial charge in [-0.15, -0.1) is 0 Å². The molecule has 1 aromatic heterocycles. The van der Waals surface area contributed by atoms with E-state index in [1.165, 1.54) is 10.3 Å². The van der Waals surface area contributed by atoms with Gasteiger partial charge in [-0.05, 0) is 53.0 Å². The molecule has 1 aliphatic heterocycles. The van der Waals surface area contributed by atoms with Gasteiger partial charge >= 0.3 is 0 Å². The Balaban J connectivity index is 1.35. The number of amidine groups is 1. The molecule has 0 spiro atoms. The smallest absolute Gasteiger partial charge is 0.289 e. The summed E-state index contributed by atoms with van der Waals surface area (Å²) in [5.41, 5.74) is 5.65. The Morgan fingerprint density at radius 2 is 1.60 bits per heavy atom. The zero-order valence-electron chi connectivity index (χ0n) is 20.9. The number of benzene rings is 1. The first-order chi connectivity index (χ1) is 16.3. The fourth-order valence-electron chi connectivity index (χ4n) is 4.07. The first kappa shape index (κ1) is 24.4. The molecular weight excluding hydrogens is 446 g/mol. The lowest BCUT2D eigenvalue weighted by molar-refractivity contribution is 0.0120. The summed E-state index contributed by atoms with van der Waals surface area (Å²) in [4.78, 5) is 4.53. The summed E-state index contributed by atoms with van der Waals surface area (Å²) in [5.74, 6) is -1.57. The Morgan fingerprint density at radius 3 is 2.17 bits per heavy atom. The van der Waals surface area contributed by atoms with E-state index >= 15 is 0 Å². The highest BCUT2D eigenvalue weighted by molar-refractivity contribution is 5.97. The number of alkyl halides is 2. The maximum absolute atomic E-state index is 13.9. The van der Waals surface area contributed by atoms with Crippen LogP contribution in [0.4, 0.5) is 20.2 Å². The minimum absolute atomic E-state index is 0.0894. The summed E-state index contributed by atoms with van der Waals surface area (Å²) in [6, 6.07) is 7.68. The average Bonchev–Trinajstić information content (AvgIpc) is 3.45. The quantitative estimate of drug-likeness (QED) is 0.460. The van der Waals surface area contributed by atoms with Crippen molar-refractivity contribution in [3.05, 3.63) is 83.1 Å². The number of aryl methyl sites for hydroxylation is 1. The molecule has 3 N–H and O–H groups in total. The molecule has 0 radical (unpaired) electrons. The molecule has 0 saturated carbocycles. The third-order valence-electron chi connectivity index (χ3n) is 6.13. The highest BCUT2D eigenvalue weighted by Crippen LogP contribution is 2.37. The van der Waals surface area contributed by atoms with Crippen LogP contribution in [-0.2, 0) is 19.4 Å². The molecule has 35 heavy (non-hydrogen) atoms. The van der Waals surface area contributed by atoms with E-state index in [1.54, 1.807) is 13.1 Å². The van der Waals surface area contributed by atoms with E-state index in [0.29, 0.717) is 30.0 Å². The molecule has 0 atom stereocenters. The van der Waals surface area contributed by atoms with Crippen LogP contribution in [-0.4, -0.2) is 22.2 Å². The van der Waals surface area contributed by atoms with Crippen LogP contribution in [0.25, 0.3) is 6.08 Å². The molecule has 184 valence electrons. The highest BCUT2D eigenvalue weighted by Gasteiger charge is 2.35. The predicted octanol–water partition coefficient (Wildman–Crippen LogP) is 5.95. The van der Waals surface area contributed by atoms with Crippen LogP contribution >= 0.6 is 0 Å². The number of aromatic nitrogens is 2. The van der Waals surface area contributed by atoms with E-state index in [4.69, 9.17) is 0 Å². The van der Waals surface area contributed by atoms with Crippen molar-refractivity contribution in [2.75, 3.05) is 17.2 Å². The summed E-state index contributed by atoms with van der Waals surface area (Å²) in [7, 11) is 1.69. The maximum atomic E-state index is 13.9. The van der Waals surface area contributed by atoms with Crippen molar-refractivity contribution >= 4 is 23.3 Å². The fourth-order valence-corrected chi connectivity index (χ4v) is 4.07. The molecule has 0 saturated heterocycles. The lowest BCUT2D eigenvalue weighted by Crippen LogP contribution is -2.24. The number of nitrogens with zero attached hydrogens (tertiary/aromatic N) is 3. The van der Waals surface area contributed by atoms with Crippen molar-refractivity contribution in [1.82, 2.24) is 15.1 Å². The second-order valence-corrected chi connectivity index (χ2v) is 10.1. The van der Waals surface area contributed by atoms with Gasteiger partial charge in [0.05, 0.1) is 12.2 Å². The van der Waals surface area contributed by atoms with Gasteiger partial charge in [0.2, 0.25) is 0 Å². The second-order valence-electron chi connectivity index (χ2n) is 10.1. The van der Waals surface area contributed by atoms with Crippen LogP contribution in [0.1, 0.15) is 44.6 Å². The van der Waals surface area contributed by atoms with Gasteiger partial charge in [-0.1, -0.05) is 33.9 Å². The molecule has 0 amide bonds. The van der Waals surface area contributed by atoms with Crippen LogP contribution in [0.15, 0.2) is 71.2 Å². The van der Waals surface area contributed by atoms with Gasteiger partial charge in [-0.2, -0.15) is 13.9 Å². The first-order valence-electron chi connectivity index (χ1n) is 11.5. The molecule has 6 nitrogen and oxygen atoms in total. The molecule has 2 aliphatic rings. The minimum Gasteiger partial charge on any atom is -0.356 e. The Kier molecular flexibility index (Phi) is 6.17. The van der Waals surface area contributed by atoms with Gasteiger partial charge in [-0.25, -0.2) is 0 Å². The number of hydrogen-bond acceptors (Lipinski definition) is 5. The summed E-state index contributed by atoms with van der Waals surface area (Å²) in [5, 5.41) is 13.7. The van der Waals surface area contributed by atoms with Crippen molar-refractivity contribution in [2.45, 2.75) is 40.0 Å². The van der Waals surface area contributed by atoms with E-state index < -0.39 is 5.92 Å². The van der Waals surface area contributed by atoms with Gasteiger partial charge in [-0.3, -0.25) is 9.67 Å². The summed E-state index contributed by atoms with van der Waals surface area (Å²) in [6.07, 6.45) is 4.32. The molecule has 0 fully saturated rings. The first-order valence-corrected chi connectivity index (χ1v) is 11.5. The molecule has 8 heteroatoms. The molecule has 2 heterocycles. The number of fused-ring (bicyclic) bond motifs is 1. The number of halogens is 2. The van der Waals surface area contributed by atoms with Crippen LogP contribution < -0.4 is 16.0 Å². The molecule has 0 bridgehead atoms. The number of allylic oxidation sites excluding steroid dienone is 1. The predicted molar refractivity (Wildman–Crippen MR) is 139 cm³/mol. The normalized spacial score (nSPS) is 15.2. The third-order valence-corrected chi connectivity index (χ3v) is 6.13. The molecule has 2 aromatic rings. The summed E-state index contributed by atoms with van der Waals surface area (Å²) in [6.45, 7) is 16.2. The van der Waals surface area contributed by atoms with Gasteiger partial charge < -0.3 is 16.0 Å². The van der Waals surface area contributed by atoms with Gasteiger partial charge in [0.1, 0.15) is 17.4 Å². The second kappa shape index (κ2) is 8.83. The number of aliphatic imine (C=N–C) groups is 1. The van der Waals surface area contributed by atoms with E-state index in [0.717, 1.165) is 35.4 Å². The Labute approximate surface area is 205 Å². The summed E-state index contributed by atoms with van der Waals surface area (Å²) < 4.78 is 29.4. The third kappa shape index (κ3) is 5.37.